The van der Waals surface area contributed by atoms with Crippen LogP contribution in [0.5, 0.6) is 5.75 Å². The highest BCUT2D eigenvalue weighted by Crippen LogP contribution is 2.35. The Morgan fingerprint density at radius 1 is 1.31 bits per heavy atom. The number of aromatic nitrogens is 3. The molecule has 0 amide bonds. The van der Waals surface area contributed by atoms with E-state index in [2.05, 4.69) is 9.97 Å². The van der Waals surface area contributed by atoms with Gasteiger partial charge in [0.05, 0.1) is 10.7 Å². The summed E-state index contributed by atoms with van der Waals surface area (Å²) in [5.74, 6) is 1.63. The molecular formula is C19H18ClN5O. The molecule has 132 valence electrons. The van der Waals surface area contributed by atoms with E-state index in [4.69, 9.17) is 22.3 Å². The van der Waals surface area contributed by atoms with Gasteiger partial charge >= 0.3 is 0 Å². The number of aromatic amines is 1. The number of nitrogens with zero attached hydrogens (tertiary/aromatic N) is 3. The fourth-order valence-electron chi connectivity index (χ4n) is 3.16. The van der Waals surface area contributed by atoms with Gasteiger partial charge in [0.25, 0.3) is 0 Å². The Balaban J connectivity index is 1.82. The minimum absolute atomic E-state index is 0.0524. The van der Waals surface area contributed by atoms with E-state index in [-0.39, 0.29) is 11.9 Å². The molecule has 1 unspecified atom stereocenters. The molecule has 0 fully saturated rings. The number of hydrogen-bond acceptors (Lipinski definition) is 5. The van der Waals surface area contributed by atoms with E-state index in [1.165, 1.54) is 0 Å². The van der Waals surface area contributed by atoms with Gasteiger partial charge in [0.2, 0.25) is 0 Å². The summed E-state index contributed by atoms with van der Waals surface area (Å²) in [6, 6.07) is 9.00. The largest absolute Gasteiger partial charge is 0.506 e. The van der Waals surface area contributed by atoms with Crippen molar-refractivity contribution in [1.82, 2.24) is 15.0 Å². The van der Waals surface area contributed by atoms with Gasteiger partial charge in [-0.25, -0.2) is 9.97 Å². The molecule has 26 heavy (non-hydrogen) atoms. The third kappa shape index (κ3) is 2.73. The molecule has 1 aromatic carbocycles. The number of nitrogens with two attached hydrogens (primary N) is 1. The smallest absolute Gasteiger partial charge is 0.138 e. The van der Waals surface area contributed by atoms with Gasteiger partial charge in [-0.15, -0.1) is 0 Å². The van der Waals surface area contributed by atoms with Crippen LogP contribution in [0.1, 0.15) is 18.3 Å². The van der Waals surface area contributed by atoms with Crippen molar-refractivity contribution in [2.75, 3.05) is 11.4 Å². The van der Waals surface area contributed by atoms with E-state index < -0.39 is 0 Å². The van der Waals surface area contributed by atoms with Crippen LogP contribution in [0.2, 0.25) is 5.02 Å². The number of fused-ring (bicyclic) bond motifs is 1. The maximum atomic E-state index is 9.62. The average molecular weight is 368 g/mol. The molecule has 3 heterocycles. The highest BCUT2D eigenvalue weighted by atomic mass is 35.5. The highest BCUT2D eigenvalue weighted by molar-refractivity contribution is 6.32. The zero-order valence-corrected chi connectivity index (χ0v) is 14.9. The quantitative estimate of drug-likeness (QED) is 0.659. The summed E-state index contributed by atoms with van der Waals surface area (Å²) in [5, 5.41) is 9.92. The van der Waals surface area contributed by atoms with E-state index in [9.17, 15) is 5.11 Å². The SMILES string of the molecule is CCN1c2nc(-c3ccc(O)c(Cl)c3)ccc2C=C(c2ncc[nH]2)C1N. The number of benzene rings is 1. The topological polar surface area (TPSA) is 91.1 Å². The van der Waals surface area contributed by atoms with E-state index in [1.807, 2.05) is 30.0 Å². The Bertz CT molecular complexity index is 984. The lowest BCUT2D eigenvalue weighted by Crippen LogP contribution is -2.45. The number of hydrogen-bond donors (Lipinski definition) is 3. The Hall–Kier alpha value is -2.83. The number of phenols is 1. The van der Waals surface area contributed by atoms with Crippen LogP contribution in [0.3, 0.4) is 0 Å². The Morgan fingerprint density at radius 3 is 2.85 bits per heavy atom. The number of phenolic OH excluding ortho intramolecular Hbond substituents is 1. The first kappa shape index (κ1) is 16.6. The Labute approximate surface area is 156 Å². The summed E-state index contributed by atoms with van der Waals surface area (Å²) >= 11 is 6.03. The van der Waals surface area contributed by atoms with Gasteiger partial charge in [0, 0.05) is 35.6 Å². The molecule has 4 rings (SSSR count). The maximum absolute atomic E-state index is 9.62. The average Bonchev–Trinajstić information content (AvgIpc) is 3.17. The first-order chi connectivity index (χ1) is 12.6. The fourth-order valence-corrected chi connectivity index (χ4v) is 3.34. The highest BCUT2D eigenvalue weighted by Gasteiger charge is 2.28. The molecular weight excluding hydrogens is 350 g/mol. The lowest BCUT2D eigenvalue weighted by Gasteiger charge is -2.34. The second-order valence-electron chi connectivity index (χ2n) is 6.04. The van der Waals surface area contributed by atoms with Gasteiger partial charge in [0.1, 0.15) is 23.6 Å². The predicted octanol–water partition coefficient (Wildman–Crippen LogP) is 3.50. The molecule has 4 N–H and O–H groups in total. The van der Waals surface area contributed by atoms with Crippen molar-refractivity contribution in [1.29, 1.82) is 0 Å². The first-order valence-corrected chi connectivity index (χ1v) is 8.69. The van der Waals surface area contributed by atoms with E-state index in [1.54, 1.807) is 30.6 Å². The summed E-state index contributed by atoms with van der Waals surface area (Å²) in [6.45, 7) is 2.75. The number of aromatic hydroxyl groups is 1. The third-order valence-electron chi connectivity index (χ3n) is 4.50. The van der Waals surface area contributed by atoms with Crippen molar-refractivity contribution in [3.63, 3.8) is 0 Å². The van der Waals surface area contributed by atoms with Gasteiger partial charge in [-0.1, -0.05) is 11.6 Å². The van der Waals surface area contributed by atoms with Crippen LogP contribution in [-0.2, 0) is 0 Å². The molecule has 0 bridgehead atoms. The standard InChI is InChI=1S/C19H18ClN5O/c1-2-25-17(21)13(18-22-7-8-23-18)9-12-3-5-15(24-19(12)25)11-4-6-16(26)14(20)10-11/h3-10,17,26H,2,21H2,1H3,(H,22,23). The third-order valence-corrected chi connectivity index (χ3v) is 4.80. The molecule has 0 saturated carbocycles. The predicted molar refractivity (Wildman–Crippen MR) is 104 cm³/mol. The van der Waals surface area contributed by atoms with Gasteiger partial charge in [-0.3, -0.25) is 0 Å². The number of anilines is 1. The van der Waals surface area contributed by atoms with Gasteiger partial charge in [-0.2, -0.15) is 0 Å². The first-order valence-electron chi connectivity index (χ1n) is 8.32. The number of rotatable bonds is 3. The van der Waals surface area contributed by atoms with Crippen LogP contribution in [0.15, 0.2) is 42.7 Å². The number of H-pyrrole nitrogens is 1. The lowest BCUT2D eigenvalue weighted by atomic mass is 10.0. The summed E-state index contributed by atoms with van der Waals surface area (Å²) in [7, 11) is 0. The molecule has 1 aliphatic rings. The number of likely N-dealkylation sites (N-methyl/N-ethyl adjacent to an activating group) is 1. The summed E-state index contributed by atoms with van der Waals surface area (Å²) < 4.78 is 0. The minimum atomic E-state index is -0.343. The monoisotopic (exact) mass is 367 g/mol. The second-order valence-corrected chi connectivity index (χ2v) is 6.45. The molecule has 0 saturated heterocycles. The van der Waals surface area contributed by atoms with Crippen molar-refractivity contribution >= 4 is 29.1 Å². The molecule has 2 aromatic heterocycles. The van der Waals surface area contributed by atoms with Crippen molar-refractivity contribution < 1.29 is 5.11 Å². The molecule has 0 spiro atoms. The summed E-state index contributed by atoms with van der Waals surface area (Å²) in [5.41, 5.74) is 9.98. The van der Waals surface area contributed by atoms with Gasteiger partial charge in [0.15, 0.2) is 0 Å². The summed E-state index contributed by atoms with van der Waals surface area (Å²) in [4.78, 5) is 14.3. The molecule has 1 atom stereocenters. The molecule has 1 aliphatic heterocycles. The van der Waals surface area contributed by atoms with E-state index in [0.717, 1.165) is 34.0 Å². The number of imidazole rings is 1. The van der Waals surface area contributed by atoms with Crippen LogP contribution in [0.4, 0.5) is 5.82 Å². The number of nitrogens with one attached hydrogen (secondary N) is 1. The minimum Gasteiger partial charge on any atom is -0.506 e. The molecule has 6 nitrogen and oxygen atoms in total. The van der Waals surface area contributed by atoms with Crippen LogP contribution in [0.25, 0.3) is 22.9 Å². The molecule has 0 radical (unpaired) electrons. The molecule has 0 aliphatic carbocycles. The zero-order chi connectivity index (χ0) is 18.3. The van der Waals surface area contributed by atoms with Crippen LogP contribution in [0, 0.1) is 0 Å². The van der Waals surface area contributed by atoms with Crippen LogP contribution >= 0.6 is 11.6 Å². The number of halogens is 1. The number of pyridine rings is 1. The van der Waals surface area contributed by atoms with E-state index in [0.29, 0.717) is 11.6 Å². The van der Waals surface area contributed by atoms with Gasteiger partial charge < -0.3 is 20.7 Å². The summed E-state index contributed by atoms with van der Waals surface area (Å²) in [6.07, 6.45) is 5.17. The van der Waals surface area contributed by atoms with Crippen molar-refractivity contribution in [2.45, 2.75) is 13.1 Å². The molecule has 7 heteroatoms. The van der Waals surface area contributed by atoms with Crippen molar-refractivity contribution in [3.8, 4) is 17.0 Å². The zero-order valence-electron chi connectivity index (χ0n) is 14.1. The van der Waals surface area contributed by atoms with Crippen LogP contribution < -0.4 is 10.6 Å². The normalized spacial score (nSPS) is 16.3. The maximum Gasteiger partial charge on any atom is 0.138 e. The van der Waals surface area contributed by atoms with Gasteiger partial charge in [-0.05, 0) is 43.3 Å². The van der Waals surface area contributed by atoms with E-state index >= 15 is 0 Å². The lowest BCUT2D eigenvalue weighted by molar-refractivity contribution is 0.475. The molecule has 3 aromatic rings. The second kappa shape index (κ2) is 6.48. The Morgan fingerprint density at radius 2 is 2.15 bits per heavy atom. The van der Waals surface area contributed by atoms with Crippen molar-refractivity contribution in [2.24, 2.45) is 5.73 Å². The Kier molecular flexibility index (Phi) is 4.14. The van der Waals surface area contributed by atoms with Crippen molar-refractivity contribution in [3.05, 3.63) is 59.1 Å². The van der Waals surface area contributed by atoms with Crippen LogP contribution in [-0.4, -0.2) is 32.8 Å². The fraction of sp³-hybridized carbons (Fsp3) is 0.158.